The summed E-state index contributed by atoms with van der Waals surface area (Å²) >= 11 is 0. The summed E-state index contributed by atoms with van der Waals surface area (Å²) in [5.41, 5.74) is 1.71. The summed E-state index contributed by atoms with van der Waals surface area (Å²) in [4.78, 5) is 15.5. The zero-order valence-corrected chi connectivity index (χ0v) is 13.1. The van der Waals surface area contributed by atoms with E-state index in [4.69, 9.17) is 4.74 Å². The van der Waals surface area contributed by atoms with Crippen LogP contribution in [-0.2, 0) is 4.79 Å². The fraction of sp³-hybridized carbons (Fsp3) is 0.294. The molecule has 0 aliphatic carbocycles. The lowest BCUT2D eigenvalue weighted by atomic mass is 10.2. The number of ether oxygens (including phenoxy) is 1. The van der Waals surface area contributed by atoms with Gasteiger partial charge in [0.1, 0.15) is 11.6 Å². The minimum Gasteiger partial charge on any atom is -0.489 e. The normalized spacial score (nSPS) is 10.4. The standard InChI is InChI=1S/C17H21N3O2/c1-4-17(21)20-16-10-9-13(11-18-16)19-14-7-5-6-8-15(14)22-12(2)3/h5-12,19H,4H2,1-3H3,(H,18,20,21). The molecule has 0 bridgehead atoms. The number of hydrogen-bond acceptors (Lipinski definition) is 4. The Morgan fingerprint density at radius 1 is 1.23 bits per heavy atom. The maximum absolute atomic E-state index is 11.3. The molecule has 0 atom stereocenters. The van der Waals surface area contributed by atoms with Crippen molar-refractivity contribution in [2.75, 3.05) is 10.6 Å². The second-order valence-corrected chi connectivity index (χ2v) is 5.12. The number of anilines is 3. The van der Waals surface area contributed by atoms with E-state index < -0.39 is 0 Å². The van der Waals surface area contributed by atoms with Gasteiger partial charge in [0.05, 0.1) is 23.7 Å². The molecule has 2 aromatic rings. The average Bonchev–Trinajstić information content (AvgIpc) is 2.50. The van der Waals surface area contributed by atoms with Gasteiger partial charge in [-0.3, -0.25) is 4.79 Å². The number of carbonyl (C=O) groups excluding carboxylic acids is 1. The van der Waals surface area contributed by atoms with Crippen molar-refractivity contribution in [1.82, 2.24) is 4.98 Å². The first kappa shape index (κ1) is 15.8. The zero-order chi connectivity index (χ0) is 15.9. The van der Waals surface area contributed by atoms with Gasteiger partial charge in [0.25, 0.3) is 0 Å². The fourth-order valence-corrected chi connectivity index (χ4v) is 1.86. The Balaban J connectivity index is 2.09. The number of carbonyl (C=O) groups is 1. The molecule has 2 rings (SSSR count). The van der Waals surface area contributed by atoms with E-state index in [9.17, 15) is 4.79 Å². The molecule has 0 saturated carbocycles. The number of nitrogens with one attached hydrogen (secondary N) is 2. The van der Waals surface area contributed by atoms with Crippen LogP contribution in [0.2, 0.25) is 0 Å². The molecule has 1 aromatic heterocycles. The van der Waals surface area contributed by atoms with Crippen molar-refractivity contribution >= 4 is 23.1 Å². The highest BCUT2D eigenvalue weighted by molar-refractivity contribution is 5.89. The van der Waals surface area contributed by atoms with Crippen molar-refractivity contribution in [2.45, 2.75) is 33.3 Å². The SMILES string of the molecule is CCC(=O)Nc1ccc(Nc2ccccc2OC(C)C)cn1. The average molecular weight is 299 g/mol. The van der Waals surface area contributed by atoms with Crippen LogP contribution in [0.1, 0.15) is 27.2 Å². The largest absolute Gasteiger partial charge is 0.489 e. The van der Waals surface area contributed by atoms with Crippen LogP contribution in [0.3, 0.4) is 0 Å². The number of nitrogens with zero attached hydrogens (tertiary/aromatic N) is 1. The molecule has 0 unspecified atom stereocenters. The number of pyridine rings is 1. The minimum absolute atomic E-state index is 0.0520. The molecule has 2 N–H and O–H groups in total. The van der Waals surface area contributed by atoms with Crippen LogP contribution >= 0.6 is 0 Å². The van der Waals surface area contributed by atoms with Crippen LogP contribution in [0.4, 0.5) is 17.2 Å². The zero-order valence-electron chi connectivity index (χ0n) is 13.1. The van der Waals surface area contributed by atoms with Gasteiger partial charge in [-0.05, 0) is 38.1 Å². The molecule has 0 aliphatic rings. The molecule has 0 aliphatic heterocycles. The molecule has 22 heavy (non-hydrogen) atoms. The summed E-state index contributed by atoms with van der Waals surface area (Å²) in [5.74, 6) is 1.29. The summed E-state index contributed by atoms with van der Waals surface area (Å²) in [6.45, 7) is 5.78. The Labute approximate surface area is 130 Å². The third kappa shape index (κ3) is 4.48. The second-order valence-electron chi connectivity index (χ2n) is 5.12. The number of aromatic nitrogens is 1. The Morgan fingerprint density at radius 3 is 2.64 bits per heavy atom. The summed E-state index contributed by atoms with van der Waals surface area (Å²) < 4.78 is 5.77. The van der Waals surface area contributed by atoms with E-state index in [0.29, 0.717) is 12.2 Å². The van der Waals surface area contributed by atoms with Gasteiger partial charge in [-0.15, -0.1) is 0 Å². The van der Waals surface area contributed by atoms with Crippen LogP contribution in [0.5, 0.6) is 5.75 Å². The fourth-order valence-electron chi connectivity index (χ4n) is 1.86. The van der Waals surface area contributed by atoms with Crippen molar-refractivity contribution in [1.29, 1.82) is 0 Å². The van der Waals surface area contributed by atoms with Gasteiger partial charge < -0.3 is 15.4 Å². The van der Waals surface area contributed by atoms with Gasteiger partial charge in [0.15, 0.2) is 0 Å². The van der Waals surface area contributed by atoms with Crippen molar-refractivity contribution in [2.24, 2.45) is 0 Å². The van der Waals surface area contributed by atoms with E-state index in [0.717, 1.165) is 17.1 Å². The van der Waals surface area contributed by atoms with Crippen LogP contribution in [0, 0.1) is 0 Å². The van der Waals surface area contributed by atoms with E-state index in [1.807, 2.05) is 44.2 Å². The lowest BCUT2D eigenvalue weighted by Crippen LogP contribution is -2.10. The predicted octanol–water partition coefficient (Wildman–Crippen LogP) is 3.96. The highest BCUT2D eigenvalue weighted by Crippen LogP contribution is 2.28. The van der Waals surface area contributed by atoms with Crippen molar-refractivity contribution in [3.05, 3.63) is 42.6 Å². The number of amides is 1. The molecule has 1 amide bonds. The lowest BCUT2D eigenvalue weighted by Gasteiger charge is -2.15. The smallest absolute Gasteiger partial charge is 0.225 e. The number of benzene rings is 1. The Bertz CT molecular complexity index is 624. The van der Waals surface area contributed by atoms with E-state index in [2.05, 4.69) is 15.6 Å². The maximum atomic E-state index is 11.3. The quantitative estimate of drug-likeness (QED) is 0.847. The number of rotatable bonds is 6. The molecule has 0 fully saturated rings. The van der Waals surface area contributed by atoms with Crippen LogP contribution < -0.4 is 15.4 Å². The van der Waals surface area contributed by atoms with E-state index in [-0.39, 0.29) is 12.0 Å². The summed E-state index contributed by atoms with van der Waals surface area (Å²) in [7, 11) is 0. The Morgan fingerprint density at radius 2 is 2.00 bits per heavy atom. The molecule has 5 nitrogen and oxygen atoms in total. The molecule has 116 valence electrons. The summed E-state index contributed by atoms with van der Waals surface area (Å²) in [6, 6.07) is 11.4. The summed E-state index contributed by atoms with van der Waals surface area (Å²) in [5, 5.41) is 5.99. The monoisotopic (exact) mass is 299 g/mol. The van der Waals surface area contributed by atoms with Gasteiger partial charge in [-0.25, -0.2) is 4.98 Å². The van der Waals surface area contributed by atoms with E-state index in [1.165, 1.54) is 0 Å². The first-order valence-corrected chi connectivity index (χ1v) is 7.37. The van der Waals surface area contributed by atoms with Gasteiger partial charge >= 0.3 is 0 Å². The number of hydrogen-bond donors (Lipinski definition) is 2. The third-order valence-corrected chi connectivity index (χ3v) is 2.88. The van der Waals surface area contributed by atoms with Crippen molar-refractivity contribution in [3.8, 4) is 5.75 Å². The van der Waals surface area contributed by atoms with Crippen LogP contribution in [-0.4, -0.2) is 17.0 Å². The molecular formula is C17H21N3O2. The third-order valence-electron chi connectivity index (χ3n) is 2.88. The lowest BCUT2D eigenvalue weighted by molar-refractivity contribution is -0.115. The van der Waals surface area contributed by atoms with E-state index >= 15 is 0 Å². The first-order chi connectivity index (χ1) is 10.6. The highest BCUT2D eigenvalue weighted by Gasteiger charge is 2.06. The van der Waals surface area contributed by atoms with Crippen LogP contribution in [0.25, 0.3) is 0 Å². The minimum atomic E-state index is -0.0520. The maximum Gasteiger partial charge on any atom is 0.225 e. The van der Waals surface area contributed by atoms with Gasteiger partial charge in [-0.2, -0.15) is 0 Å². The second kappa shape index (κ2) is 7.45. The van der Waals surface area contributed by atoms with Gasteiger partial charge in [0.2, 0.25) is 5.91 Å². The Hall–Kier alpha value is -2.56. The molecule has 1 aromatic carbocycles. The molecule has 1 heterocycles. The number of para-hydroxylation sites is 2. The van der Waals surface area contributed by atoms with Gasteiger partial charge in [-0.1, -0.05) is 19.1 Å². The Kier molecular flexibility index (Phi) is 5.36. The molecule has 0 saturated heterocycles. The highest BCUT2D eigenvalue weighted by atomic mass is 16.5. The molecule has 0 spiro atoms. The molecule has 0 radical (unpaired) electrons. The topological polar surface area (TPSA) is 63.2 Å². The van der Waals surface area contributed by atoms with E-state index in [1.54, 1.807) is 19.2 Å². The first-order valence-electron chi connectivity index (χ1n) is 7.37. The molecule has 5 heteroatoms. The van der Waals surface area contributed by atoms with Gasteiger partial charge in [0, 0.05) is 6.42 Å². The van der Waals surface area contributed by atoms with Crippen molar-refractivity contribution < 1.29 is 9.53 Å². The summed E-state index contributed by atoms with van der Waals surface area (Å²) in [6.07, 6.45) is 2.21. The molecular weight excluding hydrogens is 278 g/mol. The van der Waals surface area contributed by atoms with Crippen LogP contribution in [0.15, 0.2) is 42.6 Å². The van der Waals surface area contributed by atoms with Crippen molar-refractivity contribution in [3.63, 3.8) is 0 Å². The predicted molar refractivity (Wildman–Crippen MR) is 88.6 cm³/mol.